The summed E-state index contributed by atoms with van der Waals surface area (Å²) in [7, 11) is 0. The third kappa shape index (κ3) is 2.38. The van der Waals surface area contributed by atoms with Crippen LogP contribution < -0.4 is 4.74 Å². The third-order valence-corrected chi connectivity index (χ3v) is 2.10. The number of carbonyl (C=O) groups excluding carboxylic acids is 1. The van der Waals surface area contributed by atoms with Gasteiger partial charge in [0.2, 0.25) is 12.2 Å². The molecule has 0 saturated carbocycles. The van der Waals surface area contributed by atoms with E-state index in [2.05, 4.69) is 14.7 Å². The number of hydrogen-bond donors (Lipinski definition) is 0. The number of benzene rings is 1. The van der Waals surface area contributed by atoms with Crippen molar-refractivity contribution in [2.75, 3.05) is 0 Å². The van der Waals surface area contributed by atoms with Crippen LogP contribution in [0.2, 0.25) is 5.02 Å². The lowest BCUT2D eigenvalue weighted by atomic mass is 10.2. The molecule has 0 amide bonds. The maximum absolute atomic E-state index is 10.8. The molecule has 0 aliphatic heterocycles. The molecule has 0 saturated heterocycles. The molecule has 0 radical (unpaired) electrons. The van der Waals surface area contributed by atoms with Crippen LogP contribution in [0.4, 0.5) is 0 Å². The first-order chi connectivity index (χ1) is 7.79. The van der Waals surface area contributed by atoms with Gasteiger partial charge < -0.3 is 9.26 Å². The molecule has 0 aliphatic rings. The second-order valence-electron chi connectivity index (χ2n) is 2.94. The second-order valence-corrected chi connectivity index (χ2v) is 3.37. The van der Waals surface area contributed by atoms with Crippen molar-refractivity contribution in [3.05, 3.63) is 41.0 Å². The summed E-state index contributed by atoms with van der Waals surface area (Å²) in [6.07, 6.45) is 1.89. The minimum Gasteiger partial charge on any atom is -0.485 e. The average Bonchev–Trinajstić information content (AvgIpc) is 2.80. The van der Waals surface area contributed by atoms with Crippen molar-refractivity contribution in [3.8, 4) is 5.75 Å². The Morgan fingerprint density at radius 2 is 2.38 bits per heavy atom. The highest BCUT2D eigenvalue weighted by Gasteiger charge is 2.05. The first-order valence-electron chi connectivity index (χ1n) is 4.42. The topological polar surface area (TPSA) is 65.2 Å². The van der Waals surface area contributed by atoms with Gasteiger partial charge in [-0.3, -0.25) is 4.79 Å². The van der Waals surface area contributed by atoms with Crippen LogP contribution in [-0.2, 0) is 6.61 Å². The summed E-state index contributed by atoms with van der Waals surface area (Å²) in [5.41, 5.74) is 0.385. The molecule has 0 aliphatic carbocycles. The molecular formula is C10H7ClN2O3. The molecule has 2 rings (SSSR count). The number of halogens is 1. The fourth-order valence-corrected chi connectivity index (χ4v) is 1.32. The zero-order valence-corrected chi connectivity index (χ0v) is 8.85. The van der Waals surface area contributed by atoms with Crippen molar-refractivity contribution in [2.45, 2.75) is 6.61 Å². The Hall–Kier alpha value is -1.88. The molecule has 0 fully saturated rings. The SMILES string of the molecule is O=Cc1cc(Cl)ccc1OCc1ncon1. The third-order valence-electron chi connectivity index (χ3n) is 1.86. The Labute approximate surface area is 96.0 Å². The van der Waals surface area contributed by atoms with E-state index in [0.717, 1.165) is 0 Å². The second kappa shape index (κ2) is 4.76. The van der Waals surface area contributed by atoms with Crippen LogP contribution in [0.5, 0.6) is 5.75 Å². The molecule has 0 bridgehead atoms. The summed E-state index contributed by atoms with van der Waals surface area (Å²) in [4.78, 5) is 14.5. The number of rotatable bonds is 4. The van der Waals surface area contributed by atoms with Crippen LogP contribution in [0, 0.1) is 0 Å². The lowest BCUT2D eigenvalue weighted by Crippen LogP contribution is -1.99. The summed E-state index contributed by atoms with van der Waals surface area (Å²) in [6, 6.07) is 4.78. The standard InChI is InChI=1S/C10H7ClN2O3/c11-8-1-2-9(7(3-8)4-14)15-5-10-12-6-16-13-10/h1-4,6H,5H2. The smallest absolute Gasteiger partial charge is 0.213 e. The number of ether oxygens (including phenoxy) is 1. The average molecular weight is 239 g/mol. The molecule has 5 nitrogen and oxygen atoms in total. The van der Waals surface area contributed by atoms with E-state index >= 15 is 0 Å². The molecule has 1 heterocycles. The van der Waals surface area contributed by atoms with Gasteiger partial charge in [-0.05, 0) is 18.2 Å². The Morgan fingerprint density at radius 1 is 1.50 bits per heavy atom. The van der Waals surface area contributed by atoms with Crippen molar-refractivity contribution in [1.29, 1.82) is 0 Å². The predicted molar refractivity (Wildman–Crippen MR) is 55.5 cm³/mol. The molecule has 1 aromatic heterocycles. The van der Waals surface area contributed by atoms with Gasteiger partial charge in [-0.1, -0.05) is 16.8 Å². The summed E-state index contributed by atoms with van der Waals surface area (Å²) < 4.78 is 9.90. The van der Waals surface area contributed by atoms with E-state index in [0.29, 0.717) is 28.4 Å². The number of nitrogens with zero attached hydrogens (tertiary/aromatic N) is 2. The van der Waals surface area contributed by atoms with Gasteiger partial charge in [-0.2, -0.15) is 4.98 Å². The van der Waals surface area contributed by atoms with E-state index in [4.69, 9.17) is 16.3 Å². The summed E-state index contributed by atoms with van der Waals surface area (Å²) >= 11 is 5.74. The van der Waals surface area contributed by atoms with Crippen LogP contribution in [0.15, 0.2) is 29.1 Å². The molecule has 1 aromatic carbocycles. The molecule has 0 unspecified atom stereocenters. The van der Waals surface area contributed by atoms with Crippen LogP contribution in [0.1, 0.15) is 16.2 Å². The maximum atomic E-state index is 10.8. The van der Waals surface area contributed by atoms with E-state index in [1.807, 2.05) is 0 Å². The van der Waals surface area contributed by atoms with Crippen LogP contribution in [-0.4, -0.2) is 16.4 Å². The lowest BCUT2D eigenvalue weighted by Gasteiger charge is -2.05. The van der Waals surface area contributed by atoms with Crippen LogP contribution in [0.3, 0.4) is 0 Å². The molecule has 0 N–H and O–H groups in total. The van der Waals surface area contributed by atoms with Crippen molar-refractivity contribution >= 4 is 17.9 Å². The largest absolute Gasteiger partial charge is 0.485 e. The van der Waals surface area contributed by atoms with Gasteiger partial charge in [-0.15, -0.1) is 0 Å². The zero-order chi connectivity index (χ0) is 11.4. The fourth-order valence-electron chi connectivity index (χ4n) is 1.14. The lowest BCUT2D eigenvalue weighted by molar-refractivity contribution is 0.111. The van der Waals surface area contributed by atoms with Crippen LogP contribution >= 0.6 is 11.6 Å². The summed E-state index contributed by atoms with van der Waals surface area (Å²) in [6.45, 7) is 0.138. The highest BCUT2D eigenvalue weighted by atomic mass is 35.5. The minimum atomic E-state index is 0.138. The van der Waals surface area contributed by atoms with Gasteiger partial charge in [0.15, 0.2) is 12.9 Å². The first kappa shape index (κ1) is 10.6. The van der Waals surface area contributed by atoms with E-state index in [-0.39, 0.29) is 6.61 Å². The highest BCUT2D eigenvalue weighted by molar-refractivity contribution is 6.30. The fraction of sp³-hybridized carbons (Fsp3) is 0.100. The van der Waals surface area contributed by atoms with Crippen molar-refractivity contribution in [3.63, 3.8) is 0 Å². The molecule has 2 aromatic rings. The van der Waals surface area contributed by atoms with Crippen molar-refractivity contribution in [2.24, 2.45) is 0 Å². The Balaban J connectivity index is 2.12. The number of carbonyl (C=O) groups is 1. The number of aromatic nitrogens is 2. The van der Waals surface area contributed by atoms with Gasteiger partial charge in [0.1, 0.15) is 5.75 Å². The van der Waals surface area contributed by atoms with Gasteiger partial charge >= 0.3 is 0 Å². The van der Waals surface area contributed by atoms with Gasteiger partial charge in [-0.25, -0.2) is 0 Å². The summed E-state index contributed by atoms with van der Waals surface area (Å²) in [5.74, 6) is 0.844. The maximum Gasteiger partial charge on any atom is 0.213 e. The number of aldehydes is 1. The molecule has 0 atom stereocenters. The first-order valence-corrected chi connectivity index (χ1v) is 4.80. The van der Waals surface area contributed by atoms with Gasteiger partial charge in [0.05, 0.1) is 5.56 Å². The minimum absolute atomic E-state index is 0.138. The zero-order valence-electron chi connectivity index (χ0n) is 8.09. The van der Waals surface area contributed by atoms with E-state index in [9.17, 15) is 4.79 Å². The molecular weight excluding hydrogens is 232 g/mol. The predicted octanol–water partition coefficient (Wildman–Crippen LogP) is 2.11. The molecule has 6 heteroatoms. The van der Waals surface area contributed by atoms with Gasteiger partial charge in [0, 0.05) is 5.02 Å². The summed E-state index contributed by atoms with van der Waals surface area (Å²) in [5, 5.41) is 4.06. The quantitative estimate of drug-likeness (QED) is 0.764. The van der Waals surface area contributed by atoms with E-state index in [1.54, 1.807) is 12.1 Å². The number of hydrogen-bond acceptors (Lipinski definition) is 5. The Kier molecular flexibility index (Phi) is 3.16. The van der Waals surface area contributed by atoms with Crippen LogP contribution in [0.25, 0.3) is 0 Å². The monoisotopic (exact) mass is 238 g/mol. The highest BCUT2D eigenvalue weighted by Crippen LogP contribution is 2.21. The molecule has 82 valence electrons. The van der Waals surface area contributed by atoms with E-state index < -0.39 is 0 Å². The van der Waals surface area contributed by atoms with Crippen molar-refractivity contribution in [1.82, 2.24) is 10.1 Å². The molecule has 16 heavy (non-hydrogen) atoms. The Bertz CT molecular complexity index is 485. The van der Waals surface area contributed by atoms with E-state index in [1.165, 1.54) is 12.5 Å². The normalized spacial score (nSPS) is 10.1. The Morgan fingerprint density at radius 3 is 3.06 bits per heavy atom. The van der Waals surface area contributed by atoms with Crippen molar-refractivity contribution < 1.29 is 14.1 Å². The molecule has 0 spiro atoms. The van der Waals surface area contributed by atoms with Gasteiger partial charge in [0.25, 0.3) is 0 Å².